The molecule has 0 bridgehead atoms. The summed E-state index contributed by atoms with van der Waals surface area (Å²) in [6.07, 6.45) is -1.13. The van der Waals surface area contributed by atoms with E-state index in [0.717, 1.165) is 11.8 Å². The van der Waals surface area contributed by atoms with E-state index in [2.05, 4.69) is 15.1 Å². The van der Waals surface area contributed by atoms with E-state index in [1.54, 1.807) is 47.4 Å². The van der Waals surface area contributed by atoms with Gasteiger partial charge in [-0.2, -0.15) is 23.3 Å². The van der Waals surface area contributed by atoms with Crippen molar-refractivity contribution in [3.05, 3.63) is 60.2 Å². The minimum absolute atomic E-state index is 0.176. The Balaban J connectivity index is 1.83. The Hall–Kier alpha value is -2.90. The van der Waals surface area contributed by atoms with Gasteiger partial charge in [0, 0.05) is 18.1 Å². The summed E-state index contributed by atoms with van der Waals surface area (Å²) in [6, 6.07) is 8.97. The molecule has 8 heteroatoms. The molecule has 2 aromatic heterocycles. The van der Waals surface area contributed by atoms with E-state index in [9.17, 15) is 13.2 Å². The van der Waals surface area contributed by atoms with Gasteiger partial charge >= 0.3 is 12.2 Å². The molecule has 0 fully saturated rings. The number of alkyl halides is 3. The lowest BCUT2D eigenvalue weighted by Crippen LogP contribution is -2.10. The molecule has 0 aliphatic heterocycles. The molecule has 23 heavy (non-hydrogen) atoms. The fourth-order valence-corrected chi connectivity index (χ4v) is 1.93. The summed E-state index contributed by atoms with van der Waals surface area (Å²) in [7, 11) is 0. The standard InChI is InChI=1S/C15H11F3N4O/c1-10-9-13(15(16,17)18)21-14(20-10)23-12-5-3-11(4-6-12)22-8-2-7-19-22/h2-9H,1H3. The monoisotopic (exact) mass is 320 g/mol. The fourth-order valence-electron chi connectivity index (χ4n) is 1.93. The van der Waals surface area contributed by atoms with Gasteiger partial charge in [-0.1, -0.05) is 0 Å². The molecule has 1 aromatic carbocycles. The van der Waals surface area contributed by atoms with E-state index in [1.165, 1.54) is 6.92 Å². The van der Waals surface area contributed by atoms with Crippen molar-refractivity contribution in [1.29, 1.82) is 0 Å². The smallest absolute Gasteiger partial charge is 0.424 e. The first-order chi connectivity index (χ1) is 10.9. The second-order valence-electron chi connectivity index (χ2n) is 4.72. The highest BCUT2D eigenvalue weighted by molar-refractivity contribution is 5.37. The summed E-state index contributed by atoms with van der Waals surface area (Å²) in [4.78, 5) is 7.26. The van der Waals surface area contributed by atoms with Crippen molar-refractivity contribution in [2.45, 2.75) is 13.1 Å². The lowest BCUT2D eigenvalue weighted by molar-refractivity contribution is -0.141. The number of rotatable bonds is 3. The highest BCUT2D eigenvalue weighted by Gasteiger charge is 2.33. The predicted molar refractivity (Wildman–Crippen MR) is 75.4 cm³/mol. The molecule has 0 radical (unpaired) electrons. The van der Waals surface area contributed by atoms with Crippen LogP contribution < -0.4 is 4.74 Å². The molecule has 0 atom stereocenters. The van der Waals surface area contributed by atoms with Crippen LogP contribution in [0.15, 0.2) is 48.8 Å². The lowest BCUT2D eigenvalue weighted by Gasteiger charge is -2.10. The Labute approximate surface area is 129 Å². The van der Waals surface area contributed by atoms with Gasteiger partial charge in [0.05, 0.1) is 5.69 Å². The molecule has 0 aliphatic rings. The van der Waals surface area contributed by atoms with E-state index < -0.39 is 11.9 Å². The van der Waals surface area contributed by atoms with Crippen LogP contribution in [0.4, 0.5) is 13.2 Å². The maximum atomic E-state index is 12.7. The van der Waals surface area contributed by atoms with E-state index >= 15 is 0 Å². The quantitative estimate of drug-likeness (QED) is 0.737. The Morgan fingerprint density at radius 1 is 1.09 bits per heavy atom. The summed E-state index contributed by atoms with van der Waals surface area (Å²) in [5, 5.41) is 4.08. The van der Waals surface area contributed by atoms with Gasteiger partial charge in [-0.3, -0.25) is 0 Å². The van der Waals surface area contributed by atoms with Crippen molar-refractivity contribution in [3.8, 4) is 17.4 Å². The largest absolute Gasteiger partial charge is 0.433 e. The first-order valence-electron chi connectivity index (χ1n) is 6.63. The lowest BCUT2D eigenvalue weighted by atomic mass is 10.3. The molecule has 0 saturated carbocycles. The summed E-state index contributed by atoms with van der Waals surface area (Å²) < 4.78 is 45.2. The molecular formula is C15H11F3N4O. The van der Waals surface area contributed by atoms with Crippen LogP contribution in [-0.4, -0.2) is 19.7 Å². The molecule has 3 rings (SSSR count). The van der Waals surface area contributed by atoms with Gasteiger partial charge in [0.1, 0.15) is 5.75 Å². The third kappa shape index (κ3) is 3.47. The second kappa shape index (κ2) is 5.71. The number of nitrogens with zero attached hydrogens (tertiary/aromatic N) is 4. The average Bonchev–Trinajstić information content (AvgIpc) is 3.01. The van der Waals surface area contributed by atoms with E-state index in [0.29, 0.717) is 5.75 Å². The van der Waals surface area contributed by atoms with E-state index in [1.807, 2.05) is 0 Å². The number of aryl methyl sites for hydroxylation is 1. The van der Waals surface area contributed by atoms with Crippen molar-refractivity contribution in [1.82, 2.24) is 19.7 Å². The molecule has 0 N–H and O–H groups in total. The van der Waals surface area contributed by atoms with Crippen LogP contribution in [0.2, 0.25) is 0 Å². The van der Waals surface area contributed by atoms with Gasteiger partial charge in [0.2, 0.25) is 0 Å². The van der Waals surface area contributed by atoms with Crippen LogP contribution >= 0.6 is 0 Å². The first kappa shape index (κ1) is 15.0. The number of hydrogen-bond donors (Lipinski definition) is 0. The minimum Gasteiger partial charge on any atom is -0.424 e. The highest BCUT2D eigenvalue weighted by Crippen LogP contribution is 2.30. The topological polar surface area (TPSA) is 52.8 Å². The van der Waals surface area contributed by atoms with Crippen molar-refractivity contribution in [2.24, 2.45) is 0 Å². The minimum atomic E-state index is -4.55. The molecule has 0 spiro atoms. The number of benzene rings is 1. The number of aromatic nitrogens is 4. The molecule has 0 amide bonds. The molecule has 2 heterocycles. The molecule has 0 unspecified atom stereocenters. The first-order valence-corrected chi connectivity index (χ1v) is 6.63. The molecule has 0 aliphatic carbocycles. The van der Waals surface area contributed by atoms with Gasteiger partial charge in [-0.05, 0) is 43.3 Å². The third-order valence-corrected chi connectivity index (χ3v) is 2.94. The number of halogens is 3. The summed E-state index contributed by atoms with van der Waals surface area (Å²) in [6.45, 7) is 1.45. The molecular weight excluding hydrogens is 309 g/mol. The molecule has 5 nitrogen and oxygen atoms in total. The van der Waals surface area contributed by atoms with Gasteiger partial charge in [0.15, 0.2) is 5.69 Å². The maximum Gasteiger partial charge on any atom is 0.433 e. The van der Waals surface area contributed by atoms with Gasteiger partial charge in [0.25, 0.3) is 0 Å². The van der Waals surface area contributed by atoms with Crippen molar-refractivity contribution >= 4 is 0 Å². The molecule has 118 valence electrons. The zero-order valence-corrected chi connectivity index (χ0v) is 11.9. The van der Waals surface area contributed by atoms with E-state index in [4.69, 9.17) is 4.74 Å². The molecule has 3 aromatic rings. The van der Waals surface area contributed by atoms with Crippen LogP contribution in [0.3, 0.4) is 0 Å². The third-order valence-electron chi connectivity index (χ3n) is 2.94. The van der Waals surface area contributed by atoms with Gasteiger partial charge < -0.3 is 4.74 Å². The average molecular weight is 320 g/mol. The summed E-state index contributed by atoms with van der Waals surface area (Å²) >= 11 is 0. The zero-order chi connectivity index (χ0) is 16.4. The van der Waals surface area contributed by atoms with Gasteiger partial charge in [-0.15, -0.1) is 0 Å². The fraction of sp³-hybridized carbons (Fsp3) is 0.133. The normalized spacial score (nSPS) is 11.5. The Bertz CT molecular complexity index is 799. The summed E-state index contributed by atoms with van der Waals surface area (Å²) in [5.74, 6) is 0.333. The van der Waals surface area contributed by atoms with Crippen LogP contribution in [0.5, 0.6) is 11.8 Å². The second-order valence-corrected chi connectivity index (χ2v) is 4.72. The highest BCUT2D eigenvalue weighted by atomic mass is 19.4. The van der Waals surface area contributed by atoms with Crippen molar-refractivity contribution in [3.63, 3.8) is 0 Å². The molecule has 0 saturated heterocycles. The zero-order valence-electron chi connectivity index (χ0n) is 11.9. The van der Waals surface area contributed by atoms with Crippen LogP contribution in [0, 0.1) is 6.92 Å². The van der Waals surface area contributed by atoms with Crippen LogP contribution in [0.25, 0.3) is 5.69 Å². The number of hydrogen-bond acceptors (Lipinski definition) is 4. The summed E-state index contributed by atoms with van der Waals surface area (Å²) in [5.41, 5.74) is -0.0628. The van der Waals surface area contributed by atoms with Crippen LogP contribution in [-0.2, 0) is 6.18 Å². The predicted octanol–water partition coefficient (Wildman–Crippen LogP) is 3.78. The van der Waals surface area contributed by atoms with Crippen molar-refractivity contribution < 1.29 is 17.9 Å². The number of ether oxygens (including phenoxy) is 1. The Kier molecular flexibility index (Phi) is 3.73. The Morgan fingerprint density at radius 2 is 1.83 bits per heavy atom. The van der Waals surface area contributed by atoms with Gasteiger partial charge in [-0.25, -0.2) is 9.67 Å². The van der Waals surface area contributed by atoms with E-state index in [-0.39, 0.29) is 11.7 Å². The SMILES string of the molecule is Cc1cc(C(F)(F)F)nc(Oc2ccc(-n3cccn3)cc2)n1. The maximum absolute atomic E-state index is 12.7. The van der Waals surface area contributed by atoms with Crippen molar-refractivity contribution in [2.75, 3.05) is 0 Å². The Morgan fingerprint density at radius 3 is 2.43 bits per heavy atom. The van der Waals surface area contributed by atoms with Crippen LogP contribution in [0.1, 0.15) is 11.4 Å².